The number of nitrogens with zero attached hydrogens (tertiary/aromatic N) is 3. The number of nitrogens with one attached hydrogen (secondary N) is 2. The molecule has 0 spiro atoms. The van der Waals surface area contributed by atoms with Gasteiger partial charge in [0.15, 0.2) is 5.71 Å². The van der Waals surface area contributed by atoms with E-state index in [0.717, 1.165) is 5.69 Å². The summed E-state index contributed by atoms with van der Waals surface area (Å²) in [7, 11) is 0. The molecule has 150 valence electrons. The van der Waals surface area contributed by atoms with Gasteiger partial charge in [-0.2, -0.15) is 18.4 Å². The standard InChI is InChI=1S/C18H19ClF3N5O/c1-12(16(19)17(24)18(20,21)22)25-11-15(28)27-8-6-26(7-9-27)14-4-2-13(10-23)3-5-14/h2-5,24-25H,6-9,11H2,1H3/b16-12+,24-17?. The average molecular weight is 414 g/mol. The molecule has 1 aromatic carbocycles. The fourth-order valence-corrected chi connectivity index (χ4v) is 2.84. The highest BCUT2D eigenvalue weighted by Gasteiger charge is 2.37. The SMILES string of the molecule is C/C(NCC(=O)N1CCN(c2ccc(C#N)cc2)CC1)=C(\Cl)C(=N)C(F)(F)F. The van der Waals surface area contributed by atoms with E-state index in [2.05, 4.69) is 16.3 Å². The molecule has 0 radical (unpaired) electrons. The predicted octanol–water partition coefficient (Wildman–Crippen LogP) is 2.85. The molecule has 0 bridgehead atoms. The van der Waals surface area contributed by atoms with E-state index in [1.807, 2.05) is 12.1 Å². The molecule has 0 aromatic heterocycles. The molecular weight excluding hydrogens is 395 g/mol. The van der Waals surface area contributed by atoms with Gasteiger partial charge in [0.1, 0.15) is 0 Å². The van der Waals surface area contributed by atoms with Crippen LogP contribution in [0.1, 0.15) is 12.5 Å². The zero-order valence-corrected chi connectivity index (χ0v) is 15.9. The van der Waals surface area contributed by atoms with E-state index < -0.39 is 16.9 Å². The number of nitriles is 1. The lowest BCUT2D eigenvalue weighted by atomic mass is 10.2. The van der Waals surface area contributed by atoms with Crippen LogP contribution in [-0.2, 0) is 4.79 Å². The van der Waals surface area contributed by atoms with Crippen molar-refractivity contribution in [3.05, 3.63) is 40.6 Å². The fraction of sp³-hybridized carbons (Fsp3) is 0.389. The van der Waals surface area contributed by atoms with Crippen LogP contribution < -0.4 is 10.2 Å². The van der Waals surface area contributed by atoms with Gasteiger partial charge >= 0.3 is 6.18 Å². The second-order valence-corrected chi connectivity index (χ2v) is 6.57. The van der Waals surface area contributed by atoms with Crippen LogP contribution in [0, 0.1) is 16.7 Å². The number of rotatable bonds is 5. The van der Waals surface area contributed by atoms with Gasteiger partial charge in [0.05, 0.1) is 23.2 Å². The van der Waals surface area contributed by atoms with Crippen molar-refractivity contribution >= 4 is 28.9 Å². The molecule has 1 aromatic rings. The lowest BCUT2D eigenvalue weighted by Gasteiger charge is -2.36. The molecular formula is C18H19ClF3N5O. The molecule has 1 aliphatic rings. The molecule has 0 aliphatic carbocycles. The second kappa shape index (κ2) is 8.97. The van der Waals surface area contributed by atoms with E-state index in [1.165, 1.54) is 6.92 Å². The van der Waals surface area contributed by atoms with E-state index >= 15 is 0 Å². The Morgan fingerprint density at radius 1 is 1.25 bits per heavy atom. The van der Waals surface area contributed by atoms with E-state index in [-0.39, 0.29) is 18.1 Å². The summed E-state index contributed by atoms with van der Waals surface area (Å²) in [6.07, 6.45) is -4.84. The molecule has 0 unspecified atom stereocenters. The lowest BCUT2D eigenvalue weighted by molar-refractivity contribution is -0.130. The van der Waals surface area contributed by atoms with Gasteiger partial charge in [-0.3, -0.25) is 10.2 Å². The van der Waals surface area contributed by atoms with Gasteiger partial charge in [-0.05, 0) is 31.2 Å². The van der Waals surface area contributed by atoms with Crippen molar-refractivity contribution in [2.24, 2.45) is 0 Å². The number of halogens is 4. The first-order chi connectivity index (χ1) is 13.1. The number of carbonyl (C=O) groups is 1. The number of piperazine rings is 1. The maximum atomic E-state index is 12.5. The maximum absolute atomic E-state index is 12.5. The van der Waals surface area contributed by atoms with Crippen LogP contribution >= 0.6 is 11.6 Å². The zero-order valence-electron chi connectivity index (χ0n) is 15.1. The van der Waals surface area contributed by atoms with E-state index in [9.17, 15) is 18.0 Å². The third-order valence-electron chi connectivity index (χ3n) is 4.33. The number of hydrogen-bond acceptors (Lipinski definition) is 5. The van der Waals surface area contributed by atoms with Crippen molar-refractivity contribution in [3.8, 4) is 6.07 Å². The smallest absolute Gasteiger partial charge is 0.378 e. The van der Waals surface area contributed by atoms with Crippen LogP contribution in [0.5, 0.6) is 0 Å². The molecule has 2 N–H and O–H groups in total. The highest BCUT2D eigenvalue weighted by atomic mass is 35.5. The van der Waals surface area contributed by atoms with Gasteiger partial charge in [0, 0.05) is 37.6 Å². The molecule has 2 rings (SSSR count). The Labute approximate surface area is 165 Å². The molecule has 1 heterocycles. The minimum Gasteiger partial charge on any atom is -0.378 e. The first kappa shape index (κ1) is 21.6. The second-order valence-electron chi connectivity index (χ2n) is 6.19. The van der Waals surface area contributed by atoms with Gasteiger partial charge in [-0.25, -0.2) is 0 Å². The number of hydrogen-bond donors (Lipinski definition) is 2. The van der Waals surface area contributed by atoms with Gasteiger partial charge in [0.2, 0.25) is 5.91 Å². The summed E-state index contributed by atoms with van der Waals surface area (Å²) < 4.78 is 37.5. The fourth-order valence-electron chi connectivity index (χ4n) is 2.67. The van der Waals surface area contributed by atoms with Crippen LogP contribution in [0.4, 0.5) is 18.9 Å². The van der Waals surface area contributed by atoms with Crippen molar-refractivity contribution in [2.75, 3.05) is 37.6 Å². The van der Waals surface area contributed by atoms with E-state index in [1.54, 1.807) is 17.0 Å². The van der Waals surface area contributed by atoms with Gasteiger partial charge in [-0.15, -0.1) is 0 Å². The van der Waals surface area contributed by atoms with Crippen molar-refractivity contribution in [3.63, 3.8) is 0 Å². The first-order valence-corrected chi connectivity index (χ1v) is 8.80. The van der Waals surface area contributed by atoms with Crippen LogP contribution in [0.3, 0.4) is 0 Å². The molecule has 10 heteroatoms. The molecule has 1 saturated heterocycles. The Morgan fingerprint density at radius 2 is 1.82 bits per heavy atom. The van der Waals surface area contributed by atoms with Crippen LogP contribution in [0.2, 0.25) is 0 Å². The van der Waals surface area contributed by atoms with Crippen LogP contribution in [0.25, 0.3) is 0 Å². The largest absolute Gasteiger partial charge is 0.434 e. The van der Waals surface area contributed by atoms with Gasteiger partial charge in [-0.1, -0.05) is 11.6 Å². The third kappa shape index (κ3) is 5.39. The topological polar surface area (TPSA) is 83.2 Å². The minimum atomic E-state index is -4.84. The Morgan fingerprint density at radius 3 is 2.32 bits per heavy atom. The molecule has 1 amide bonds. The summed E-state index contributed by atoms with van der Waals surface area (Å²) in [6.45, 7) is 3.23. The van der Waals surface area contributed by atoms with Crippen molar-refractivity contribution in [2.45, 2.75) is 13.1 Å². The van der Waals surface area contributed by atoms with Crippen molar-refractivity contribution in [1.29, 1.82) is 10.7 Å². The van der Waals surface area contributed by atoms with Crippen molar-refractivity contribution < 1.29 is 18.0 Å². The average Bonchev–Trinajstić information content (AvgIpc) is 2.70. The summed E-state index contributed by atoms with van der Waals surface area (Å²) in [6, 6.07) is 9.22. The summed E-state index contributed by atoms with van der Waals surface area (Å²) >= 11 is 5.57. The van der Waals surface area contributed by atoms with Gasteiger partial charge < -0.3 is 15.1 Å². The summed E-state index contributed by atoms with van der Waals surface area (Å²) in [4.78, 5) is 16.0. The molecule has 28 heavy (non-hydrogen) atoms. The quantitative estimate of drug-likeness (QED) is 0.727. The number of anilines is 1. The van der Waals surface area contributed by atoms with E-state index in [4.69, 9.17) is 22.3 Å². The Bertz CT molecular complexity index is 806. The minimum absolute atomic E-state index is 0.0754. The molecule has 6 nitrogen and oxygen atoms in total. The number of carbonyl (C=O) groups excluding carboxylic acids is 1. The van der Waals surface area contributed by atoms with Crippen LogP contribution in [0.15, 0.2) is 35.0 Å². The number of benzene rings is 1. The molecule has 0 atom stereocenters. The van der Waals surface area contributed by atoms with E-state index in [0.29, 0.717) is 31.7 Å². The molecule has 0 saturated carbocycles. The molecule has 1 fully saturated rings. The Balaban J connectivity index is 1.86. The summed E-state index contributed by atoms with van der Waals surface area (Å²) in [5, 5.41) is 17.7. The number of amides is 1. The number of allylic oxidation sites excluding steroid dienone is 2. The van der Waals surface area contributed by atoms with Gasteiger partial charge in [0.25, 0.3) is 0 Å². The normalized spacial score (nSPS) is 15.6. The monoisotopic (exact) mass is 413 g/mol. The maximum Gasteiger partial charge on any atom is 0.434 e. The predicted molar refractivity (Wildman–Crippen MR) is 100 cm³/mol. The lowest BCUT2D eigenvalue weighted by Crippen LogP contribution is -2.50. The Hall–Kier alpha value is -2.73. The summed E-state index contributed by atoms with van der Waals surface area (Å²) in [5.74, 6) is -0.262. The van der Waals surface area contributed by atoms with Crippen molar-refractivity contribution in [1.82, 2.24) is 10.2 Å². The first-order valence-electron chi connectivity index (χ1n) is 8.42. The summed E-state index contributed by atoms with van der Waals surface area (Å²) in [5.41, 5.74) is -0.194. The highest BCUT2D eigenvalue weighted by Crippen LogP contribution is 2.24. The zero-order chi connectivity index (χ0) is 20.9. The Kier molecular flexibility index (Phi) is 6.91. The van der Waals surface area contributed by atoms with Crippen LogP contribution in [-0.4, -0.2) is 55.4 Å². The highest BCUT2D eigenvalue weighted by molar-refractivity contribution is 6.44. The number of alkyl halides is 3. The third-order valence-corrected chi connectivity index (χ3v) is 4.80. The molecule has 1 aliphatic heterocycles.